The molecule has 0 fully saturated rings. The topological polar surface area (TPSA) is 63.6 Å². The number of ether oxygens (including phenoxy) is 1. The van der Waals surface area contributed by atoms with Crippen LogP contribution in [0.3, 0.4) is 0 Å². The Morgan fingerprint density at radius 2 is 1.89 bits per heavy atom. The summed E-state index contributed by atoms with van der Waals surface area (Å²) in [6, 6.07) is 3.06. The summed E-state index contributed by atoms with van der Waals surface area (Å²) < 4.78 is 5.14. The molecule has 0 heterocycles. The Bertz CT molecular complexity index is 463. The second-order valence-corrected chi connectivity index (χ2v) is 4.07. The highest BCUT2D eigenvalue weighted by Gasteiger charge is 2.17. The van der Waals surface area contributed by atoms with Crippen LogP contribution in [0.5, 0.6) is 5.75 Å². The van der Waals surface area contributed by atoms with Crippen LogP contribution in [0.2, 0.25) is 0 Å². The number of carbonyl (C=O) groups excluding carboxylic acids is 1. The van der Waals surface area contributed by atoms with Crippen LogP contribution in [0.4, 0.5) is 0 Å². The summed E-state index contributed by atoms with van der Waals surface area (Å²) in [6.07, 6.45) is 2.17. The maximum Gasteiger partial charge on any atom is 0.335 e. The zero-order valence-corrected chi connectivity index (χ0v) is 10.9. The molecule has 0 aliphatic carbocycles. The van der Waals surface area contributed by atoms with E-state index < -0.39 is 11.9 Å². The molecular weight excluding hydrogens is 232 g/mol. The molecule has 4 nitrogen and oxygen atoms in total. The van der Waals surface area contributed by atoms with E-state index in [4.69, 9.17) is 9.84 Å². The van der Waals surface area contributed by atoms with Crippen molar-refractivity contribution in [2.24, 2.45) is 0 Å². The Morgan fingerprint density at radius 1 is 1.22 bits per heavy atom. The van der Waals surface area contributed by atoms with Crippen LogP contribution in [0.25, 0.3) is 0 Å². The molecule has 0 bridgehead atoms. The average molecular weight is 250 g/mol. The van der Waals surface area contributed by atoms with Crippen molar-refractivity contribution < 1.29 is 19.4 Å². The molecule has 0 aromatic heterocycles. The quantitative estimate of drug-likeness (QED) is 0.644. The lowest BCUT2D eigenvalue weighted by atomic mass is 9.95. The summed E-state index contributed by atoms with van der Waals surface area (Å²) in [4.78, 5) is 22.2. The van der Waals surface area contributed by atoms with E-state index >= 15 is 0 Å². The van der Waals surface area contributed by atoms with Gasteiger partial charge in [-0.15, -0.1) is 0 Å². The van der Waals surface area contributed by atoms with Crippen molar-refractivity contribution in [3.63, 3.8) is 0 Å². The highest BCUT2D eigenvalue weighted by molar-refractivity contribution is 5.90. The highest BCUT2D eigenvalue weighted by Crippen LogP contribution is 2.28. The number of hydrogen-bond acceptors (Lipinski definition) is 3. The fraction of sp³-hybridized carbons (Fsp3) is 0.429. The Kier molecular flexibility index (Phi) is 4.89. The molecule has 18 heavy (non-hydrogen) atoms. The molecule has 0 aliphatic rings. The van der Waals surface area contributed by atoms with E-state index in [9.17, 15) is 9.59 Å². The zero-order chi connectivity index (χ0) is 13.7. The monoisotopic (exact) mass is 250 g/mol. The molecule has 0 aliphatic heterocycles. The number of aromatic carboxylic acids is 1. The van der Waals surface area contributed by atoms with E-state index in [1.807, 2.05) is 13.8 Å². The second-order valence-electron chi connectivity index (χ2n) is 4.07. The van der Waals surface area contributed by atoms with Crippen LogP contribution in [0.1, 0.15) is 48.7 Å². The van der Waals surface area contributed by atoms with Gasteiger partial charge in [-0.1, -0.05) is 20.3 Å². The van der Waals surface area contributed by atoms with Crippen molar-refractivity contribution in [2.45, 2.75) is 40.0 Å². The van der Waals surface area contributed by atoms with E-state index in [1.165, 1.54) is 13.0 Å². The minimum absolute atomic E-state index is 0.289. The largest absolute Gasteiger partial charge is 0.478 e. The van der Waals surface area contributed by atoms with Gasteiger partial charge in [0.2, 0.25) is 0 Å². The van der Waals surface area contributed by atoms with E-state index in [0.29, 0.717) is 18.6 Å². The Labute approximate surface area is 107 Å². The van der Waals surface area contributed by atoms with Gasteiger partial charge in [0, 0.05) is 6.92 Å². The van der Waals surface area contributed by atoms with Crippen molar-refractivity contribution >= 4 is 11.9 Å². The molecule has 1 N–H and O–H groups in total. The smallest absolute Gasteiger partial charge is 0.335 e. The fourth-order valence-corrected chi connectivity index (χ4v) is 2.05. The summed E-state index contributed by atoms with van der Waals surface area (Å²) in [6.45, 7) is 5.25. The van der Waals surface area contributed by atoms with Gasteiger partial charge in [0.25, 0.3) is 0 Å². The van der Waals surface area contributed by atoms with Gasteiger partial charge in [0.15, 0.2) is 0 Å². The van der Waals surface area contributed by atoms with Crippen LogP contribution in [0, 0.1) is 0 Å². The van der Waals surface area contributed by atoms with Crippen LogP contribution in [-0.2, 0) is 17.6 Å². The van der Waals surface area contributed by atoms with E-state index in [-0.39, 0.29) is 5.56 Å². The number of carboxylic acid groups (broad SMARTS) is 1. The minimum Gasteiger partial charge on any atom is -0.478 e. The van der Waals surface area contributed by atoms with Gasteiger partial charge in [0.1, 0.15) is 5.75 Å². The average Bonchev–Trinajstić information content (AvgIpc) is 2.30. The first-order valence-corrected chi connectivity index (χ1v) is 6.07. The molecule has 0 saturated heterocycles. The Balaban J connectivity index is 3.37. The van der Waals surface area contributed by atoms with Crippen LogP contribution in [-0.4, -0.2) is 17.0 Å². The Hall–Kier alpha value is -1.84. The third-order valence-corrected chi connectivity index (χ3v) is 2.73. The number of esters is 1. The van der Waals surface area contributed by atoms with Gasteiger partial charge < -0.3 is 9.84 Å². The lowest BCUT2D eigenvalue weighted by Gasteiger charge is -2.15. The standard InChI is InChI=1S/C14H18O4/c1-4-6-11-10(5-2)12(14(16)17)7-8-13(11)18-9(3)15/h7-8H,4-6H2,1-3H3,(H,16,17). The molecule has 0 radical (unpaired) electrons. The molecule has 1 rings (SSSR count). The van der Waals surface area contributed by atoms with Crippen molar-refractivity contribution in [3.8, 4) is 5.75 Å². The summed E-state index contributed by atoms with van der Waals surface area (Å²) in [5.41, 5.74) is 1.87. The first-order chi connectivity index (χ1) is 8.51. The minimum atomic E-state index is -0.946. The number of carboxylic acids is 1. The maximum atomic E-state index is 11.2. The van der Waals surface area contributed by atoms with Crippen molar-refractivity contribution in [1.29, 1.82) is 0 Å². The Morgan fingerprint density at radius 3 is 2.33 bits per heavy atom. The SMILES string of the molecule is CCCc1c(OC(C)=O)ccc(C(=O)O)c1CC. The van der Waals surface area contributed by atoms with Gasteiger partial charge in [0.05, 0.1) is 5.56 Å². The molecule has 0 unspecified atom stereocenters. The third kappa shape index (κ3) is 3.09. The highest BCUT2D eigenvalue weighted by atomic mass is 16.5. The van der Waals surface area contributed by atoms with Gasteiger partial charge in [-0.3, -0.25) is 4.79 Å². The third-order valence-electron chi connectivity index (χ3n) is 2.73. The predicted molar refractivity (Wildman–Crippen MR) is 68.1 cm³/mol. The number of hydrogen-bond donors (Lipinski definition) is 1. The zero-order valence-electron chi connectivity index (χ0n) is 10.9. The first-order valence-electron chi connectivity index (χ1n) is 6.07. The predicted octanol–water partition coefficient (Wildman–Crippen LogP) is 2.83. The summed E-state index contributed by atoms with van der Waals surface area (Å²) in [5.74, 6) is -0.859. The van der Waals surface area contributed by atoms with Crippen molar-refractivity contribution in [1.82, 2.24) is 0 Å². The van der Waals surface area contributed by atoms with E-state index in [0.717, 1.165) is 17.5 Å². The molecule has 0 spiro atoms. The number of carbonyl (C=O) groups is 2. The molecule has 0 atom stereocenters. The van der Waals surface area contributed by atoms with Crippen LogP contribution in [0.15, 0.2) is 12.1 Å². The fourth-order valence-electron chi connectivity index (χ4n) is 2.05. The lowest BCUT2D eigenvalue weighted by molar-refractivity contribution is -0.131. The molecule has 98 valence electrons. The number of benzene rings is 1. The second kappa shape index (κ2) is 6.19. The molecule has 0 saturated carbocycles. The van der Waals surface area contributed by atoms with Crippen molar-refractivity contribution in [2.75, 3.05) is 0 Å². The maximum absolute atomic E-state index is 11.2. The normalized spacial score (nSPS) is 10.2. The number of rotatable bonds is 5. The summed E-state index contributed by atoms with van der Waals surface area (Å²) in [7, 11) is 0. The van der Waals surface area contributed by atoms with Gasteiger partial charge >= 0.3 is 11.9 Å². The van der Waals surface area contributed by atoms with Gasteiger partial charge in [-0.25, -0.2) is 4.79 Å². The molecular formula is C14H18O4. The van der Waals surface area contributed by atoms with Crippen LogP contribution < -0.4 is 4.74 Å². The van der Waals surface area contributed by atoms with Crippen molar-refractivity contribution in [3.05, 3.63) is 28.8 Å². The molecule has 0 amide bonds. The van der Waals surface area contributed by atoms with Gasteiger partial charge in [-0.05, 0) is 36.1 Å². The summed E-state index contributed by atoms with van der Waals surface area (Å²) >= 11 is 0. The van der Waals surface area contributed by atoms with Crippen LogP contribution >= 0.6 is 0 Å². The summed E-state index contributed by atoms with van der Waals surface area (Å²) in [5, 5.41) is 9.15. The molecule has 4 heteroatoms. The molecule has 1 aromatic rings. The van der Waals surface area contributed by atoms with E-state index in [1.54, 1.807) is 6.07 Å². The lowest BCUT2D eigenvalue weighted by Crippen LogP contribution is -2.10. The van der Waals surface area contributed by atoms with E-state index in [2.05, 4.69) is 0 Å². The first kappa shape index (κ1) is 14.2. The molecule has 1 aromatic carbocycles. The van der Waals surface area contributed by atoms with Gasteiger partial charge in [-0.2, -0.15) is 0 Å².